The molecule has 1 aromatic heterocycles. The van der Waals surface area contributed by atoms with Gasteiger partial charge in [-0.15, -0.1) is 5.10 Å². The predicted octanol–water partition coefficient (Wildman–Crippen LogP) is 3.11. The van der Waals surface area contributed by atoms with E-state index in [0.717, 1.165) is 37.6 Å². The summed E-state index contributed by atoms with van der Waals surface area (Å²) in [6.45, 7) is 4.33. The molecule has 7 nitrogen and oxygen atoms in total. The number of piperazine rings is 1. The molecule has 2 aromatic carbocycles. The first kappa shape index (κ1) is 17.2. The van der Waals surface area contributed by atoms with E-state index in [1.165, 1.54) is 5.69 Å². The maximum absolute atomic E-state index is 4.47. The molecule has 1 saturated heterocycles. The van der Waals surface area contributed by atoms with Gasteiger partial charge in [-0.2, -0.15) is 10.1 Å². The second-order valence-corrected chi connectivity index (χ2v) is 6.62. The lowest BCUT2D eigenvalue weighted by atomic mass is 10.2. The molecular weight excluding hydrogens is 338 g/mol. The first-order valence-electron chi connectivity index (χ1n) is 9.09. The van der Waals surface area contributed by atoms with E-state index >= 15 is 0 Å². The smallest absolute Gasteiger partial charge is 0.249 e. The molecule has 4 rings (SSSR count). The van der Waals surface area contributed by atoms with Gasteiger partial charge in [0.25, 0.3) is 0 Å². The highest BCUT2D eigenvalue weighted by atomic mass is 15.3. The van der Waals surface area contributed by atoms with Crippen LogP contribution >= 0.6 is 0 Å². The number of para-hydroxylation sites is 1. The van der Waals surface area contributed by atoms with E-state index in [-0.39, 0.29) is 0 Å². The van der Waals surface area contributed by atoms with Crippen molar-refractivity contribution in [3.05, 3.63) is 60.8 Å². The highest BCUT2D eigenvalue weighted by Crippen LogP contribution is 2.21. The summed E-state index contributed by atoms with van der Waals surface area (Å²) in [4.78, 5) is 9.24. The number of hydrogen-bond acceptors (Lipinski definition) is 7. The molecule has 138 valence electrons. The quantitative estimate of drug-likeness (QED) is 0.723. The van der Waals surface area contributed by atoms with Crippen molar-refractivity contribution in [3.8, 4) is 0 Å². The van der Waals surface area contributed by atoms with Crippen LogP contribution in [-0.2, 0) is 0 Å². The summed E-state index contributed by atoms with van der Waals surface area (Å²) >= 11 is 0. The van der Waals surface area contributed by atoms with Crippen LogP contribution in [-0.4, -0.2) is 53.3 Å². The lowest BCUT2D eigenvalue weighted by molar-refractivity contribution is 0.313. The summed E-state index contributed by atoms with van der Waals surface area (Å²) in [5.74, 6) is 1.11. The lowest BCUT2D eigenvalue weighted by Gasteiger charge is -2.34. The number of aromatic nitrogens is 3. The molecule has 2 heterocycles. The second kappa shape index (κ2) is 8.01. The molecule has 0 amide bonds. The van der Waals surface area contributed by atoms with Crippen molar-refractivity contribution in [2.75, 3.05) is 48.8 Å². The number of likely N-dealkylation sites (N-methyl/N-ethyl adjacent to an activating group) is 1. The molecule has 7 heteroatoms. The monoisotopic (exact) mass is 361 g/mol. The van der Waals surface area contributed by atoms with Gasteiger partial charge in [0.1, 0.15) is 0 Å². The molecule has 1 aliphatic rings. The van der Waals surface area contributed by atoms with Gasteiger partial charge in [0.15, 0.2) is 5.82 Å². The van der Waals surface area contributed by atoms with E-state index in [1.54, 1.807) is 6.20 Å². The maximum Gasteiger partial charge on any atom is 0.249 e. The molecule has 1 aliphatic heterocycles. The van der Waals surface area contributed by atoms with Gasteiger partial charge in [-0.05, 0) is 43.4 Å². The zero-order chi connectivity index (χ0) is 18.5. The van der Waals surface area contributed by atoms with Crippen LogP contribution < -0.4 is 15.5 Å². The van der Waals surface area contributed by atoms with Gasteiger partial charge in [-0.3, -0.25) is 0 Å². The number of anilines is 5. The van der Waals surface area contributed by atoms with Crippen molar-refractivity contribution in [2.45, 2.75) is 0 Å². The minimum atomic E-state index is 0.459. The third-order valence-electron chi connectivity index (χ3n) is 4.60. The van der Waals surface area contributed by atoms with Crippen molar-refractivity contribution in [1.29, 1.82) is 0 Å². The molecule has 0 saturated carbocycles. The van der Waals surface area contributed by atoms with E-state index in [9.17, 15) is 0 Å². The first-order chi connectivity index (χ1) is 13.3. The van der Waals surface area contributed by atoms with Crippen LogP contribution in [0.1, 0.15) is 0 Å². The molecule has 0 spiro atoms. The van der Waals surface area contributed by atoms with Crippen LogP contribution in [0.4, 0.5) is 28.8 Å². The number of benzene rings is 2. The van der Waals surface area contributed by atoms with Crippen molar-refractivity contribution >= 4 is 28.8 Å². The second-order valence-electron chi connectivity index (χ2n) is 6.62. The summed E-state index contributed by atoms with van der Waals surface area (Å²) in [6, 6.07) is 18.2. The average molecular weight is 361 g/mol. The Hall–Kier alpha value is -3.19. The number of rotatable bonds is 5. The zero-order valence-corrected chi connectivity index (χ0v) is 15.3. The molecule has 27 heavy (non-hydrogen) atoms. The van der Waals surface area contributed by atoms with Gasteiger partial charge < -0.3 is 20.4 Å². The summed E-state index contributed by atoms with van der Waals surface area (Å²) < 4.78 is 0. The van der Waals surface area contributed by atoms with Gasteiger partial charge in [0, 0.05) is 43.2 Å². The highest BCUT2D eigenvalue weighted by Gasteiger charge is 2.14. The Bertz CT molecular complexity index is 859. The fourth-order valence-electron chi connectivity index (χ4n) is 3.04. The Kier molecular flexibility index (Phi) is 5.11. The van der Waals surface area contributed by atoms with Crippen LogP contribution in [0.5, 0.6) is 0 Å². The SMILES string of the molecule is CN1CCN(c2ccc(Nc3cnnc(Nc4ccccc4)n3)cc2)CC1. The van der Waals surface area contributed by atoms with Crippen LogP contribution in [0.3, 0.4) is 0 Å². The first-order valence-corrected chi connectivity index (χ1v) is 9.09. The van der Waals surface area contributed by atoms with Crippen molar-refractivity contribution in [2.24, 2.45) is 0 Å². The topological polar surface area (TPSA) is 69.2 Å². The fourth-order valence-corrected chi connectivity index (χ4v) is 3.04. The van der Waals surface area contributed by atoms with Gasteiger partial charge in [-0.1, -0.05) is 18.2 Å². The van der Waals surface area contributed by atoms with E-state index in [2.05, 4.69) is 66.9 Å². The van der Waals surface area contributed by atoms with Crippen LogP contribution in [0, 0.1) is 0 Å². The Balaban J connectivity index is 1.41. The van der Waals surface area contributed by atoms with E-state index in [1.807, 2.05) is 30.3 Å². The molecular formula is C20H23N7. The van der Waals surface area contributed by atoms with E-state index < -0.39 is 0 Å². The fraction of sp³-hybridized carbons (Fsp3) is 0.250. The summed E-state index contributed by atoms with van der Waals surface area (Å²) in [5.41, 5.74) is 3.15. The largest absolute Gasteiger partial charge is 0.369 e. The van der Waals surface area contributed by atoms with Gasteiger partial charge in [0.2, 0.25) is 5.95 Å². The number of hydrogen-bond donors (Lipinski definition) is 2. The Labute approximate surface area is 159 Å². The van der Waals surface area contributed by atoms with Gasteiger partial charge in [-0.25, -0.2) is 0 Å². The zero-order valence-electron chi connectivity index (χ0n) is 15.3. The molecule has 3 aromatic rings. The lowest BCUT2D eigenvalue weighted by Crippen LogP contribution is -2.44. The highest BCUT2D eigenvalue weighted by molar-refractivity contribution is 5.62. The van der Waals surface area contributed by atoms with Crippen LogP contribution in [0.15, 0.2) is 60.8 Å². The normalized spacial score (nSPS) is 14.8. The minimum absolute atomic E-state index is 0.459. The standard InChI is InChI=1S/C20H23N7/c1-26-11-13-27(14-12-26)18-9-7-17(8-10-18)22-19-15-21-25-20(24-19)23-16-5-3-2-4-6-16/h2-10,15H,11-14H2,1H3,(H2,22,23,24,25). The van der Waals surface area contributed by atoms with Gasteiger partial charge in [0.05, 0.1) is 6.20 Å². The van der Waals surface area contributed by atoms with Crippen molar-refractivity contribution in [3.63, 3.8) is 0 Å². The van der Waals surface area contributed by atoms with E-state index in [4.69, 9.17) is 0 Å². The van der Waals surface area contributed by atoms with Crippen molar-refractivity contribution in [1.82, 2.24) is 20.1 Å². The molecule has 1 fully saturated rings. The Morgan fingerprint density at radius 2 is 1.52 bits per heavy atom. The summed E-state index contributed by atoms with van der Waals surface area (Å²) in [7, 11) is 2.17. The maximum atomic E-state index is 4.47. The third kappa shape index (κ3) is 4.51. The number of nitrogens with zero attached hydrogens (tertiary/aromatic N) is 5. The molecule has 0 bridgehead atoms. The molecule has 0 radical (unpaired) electrons. The van der Waals surface area contributed by atoms with Crippen molar-refractivity contribution < 1.29 is 0 Å². The third-order valence-corrected chi connectivity index (χ3v) is 4.60. The number of nitrogens with one attached hydrogen (secondary N) is 2. The average Bonchev–Trinajstić information content (AvgIpc) is 2.70. The van der Waals surface area contributed by atoms with Gasteiger partial charge >= 0.3 is 0 Å². The summed E-state index contributed by atoms with van der Waals surface area (Å²) in [6.07, 6.45) is 1.62. The molecule has 0 unspecified atom stereocenters. The predicted molar refractivity (Wildman–Crippen MR) is 109 cm³/mol. The summed E-state index contributed by atoms with van der Waals surface area (Å²) in [5, 5.41) is 14.5. The Morgan fingerprint density at radius 1 is 0.815 bits per heavy atom. The van der Waals surface area contributed by atoms with E-state index in [0.29, 0.717) is 11.8 Å². The minimum Gasteiger partial charge on any atom is -0.369 e. The molecule has 0 atom stereocenters. The van der Waals surface area contributed by atoms with Crippen LogP contribution in [0.2, 0.25) is 0 Å². The molecule has 0 aliphatic carbocycles. The Morgan fingerprint density at radius 3 is 2.26 bits per heavy atom. The molecule has 2 N–H and O–H groups in total. The van der Waals surface area contributed by atoms with Crippen LogP contribution in [0.25, 0.3) is 0 Å².